The minimum Gasteiger partial charge on any atom is -0.304 e. The van der Waals surface area contributed by atoms with Crippen molar-refractivity contribution in [3.63, 3.8) is 0 Å². The van der Waals surface area contributed by atoms with Crippen molar-refractivity contribution in [3.05, 3.63) is 0 Å². The fourth-order valence-corrected chi connectivity index (χ4v) is 2.02. The molecule has 0 fully saturated rings. The van der Waals surface area contributed by atoms with E-state index in [0.29, 0.717) is 11.5 Å². The fraction of sp³-hybridized carbons (Fsp3) is 1.00. The Morgan fingerprint density at radius 2 is 1.33 bits per heavy atom. The van der Waals surface area contributed by atoms with Gasteiger partial charge in [0.1, 0.15) is 0 Å². The van der Waals surface area contributed by atoms with Gasteiger partial charge in [-0.1, -0.05) is 53.4 Å². The topological polar surface area (TPSA) is 3.24 Å². The Morgan fingerprint density at radius 1 is 0.833 bits per heavy atom. The minimum absolute atomic E-state index is 0.526. The third kappa shape index (κ3) is 8.13. The van der Waals surface area contributed by atoms with Gasteiger partial charge in [-0.05, 0) is 51.6 Å². The summed E-state index contributed by atoms with van der Waals surface area (Å²) in [5.74, 6) is 0.803. The van der Waals surface area contributed by atoms with Crippen molar-refractivity contribution in [2.75, 3.05) is 13.6 Å². The average molecular weight is 255 g/mol. The highest BCUT2D eigenvalue weighted by atomic mass is 15.1. The molecule has 0 bridgehead atoms. The summed E-state index contributed by atoms with van der Waals surface area (Å²) in [5, 5.41) is 0. The van der Waals surface area contributed by atoms with E-state index in [-0.39, 0.29) is 0 Å². The highest BCUT2D eigenvalue weighted by molar-refractivity contribution is 4.72. The van der Waals surface area contributed by atoms with Gasteiger partial charge in [0.05, 0.1) is 0 Å². The van der Waals surface area contributed by atoms with Crippen LogP contribution in [0.1, 0.15) is 80.1 Å². The average Bonchev–Trinajstić information content (AvgIpc) is 2.26. The second-order valence-corrected chi connectivity index (χ2v) is 7.24. The maximum Gasteiger partial charge on any atom is 0.00355 e. The van der Waals surface area contributed by atoms with Crippen LogP contribution >= 0.6 is 0 Å². The van der Waals surface area contributed by atoms with E-state index in [1.54, 1.807) is 0 Å². The third-order valence-corrected chi connectivity index (χ3v) is 4.78. The van der Waals surface area contributed by atoms with Gasteiger partial charge in [0.2, 0.25) is 0 Å². The predicted octanol–water partition coefficient (Wildman–Crippen LogP) is 5.35. The molecule has 1 nitrogen and oxygen atoms in total. The highest BCUT2D eigenvalue weighted by Gasteiger charge is 2.21. The summed E-state index contributed by atoms with van der Waals surface area (Å²) in [7, 11) is 2.23. The van der Waals surface area contributed by atoms with Gasteiger partial charge >= 0.3 is 0 Å². The van der Waals surface area contributed by atoms with Crippen molar-refractivity contribution < 1.29 is 0 Å². The summed E-state index contributed by atoms with van der Waals surface area (Å²) in [6, 6.07) is 0.692. The zero-order chi connectivity index (χ0) is 14.2. The highest BCUT2D eigenvalue weighted by Crippen LogP contribution is 2.32. The molecule has 0 aliphatic carbocycles. The molecule has 110 valence electrons. The van der Waals surface area contributed by atoms with E-state index in [1.165, 1.54) is 45.1 Å². The van der Waals surface area contributed by atoms with E-state index >= 15 is 0 Å². The fourth-order valence-electron chi connectivity index (χ4n) is 2.02. The first-order valence-corrected chi connectivity index (χ1v) is 7.97. The van der Waals surface area contributed by atoms with E-state index in [4.69, 9.17) is 0 Å². The molecule has 0 rings (SSSR count). The van der Waals surface area contributed by atoms with Gasteiger partial charge in [-0.3, -0.25) is 0 Å². The van der Waals surface area contributed by atoms with Crippen molar-refractivity contribution in [2.24, 2.45) is 11.3 Å². The Kier molecular flexibility index (Phi) is 8.94. The standard InChI is InChI=1S/C17H37N/c1-15(2)17(5,6)13-11-9-8-10-12-14-18(7)16(3)4/h15-16H,8-14H2,1-7H3. The van der Waals surface area contributed by atoms with Crippen molar-refractivity contribution in [3.8, 4) is 0 Å². The molecule has 0 aromatic rings. The molecular weight excluding hydrogens is 218 g/mol. The number of unbranched alkanes of at least 4 members (excludes halogenated alkanes) is 4. The molecule has 1 heteroatoms. The first kappa shape index (κ1) is 18.0. The van der Waals surface area contributed by atoms with Crippen LogP contribution in [-0.2, 0) is 0 Å². The lowest BCUT2D eigenvalue weighted by Crippen LogP contribution is -2.27. The molecule has 18 heavy (non-hydrogen) atoms. The number of nitrogens with zero attached hydrogens (tertiary/aromatic N) is 1. The van der Waals surface area contributed by atoms with Crippen LogP contribution < -0.4 is 0 Å². The third-order valence-electron chi connectivity index (χ3n) is 4.78. The molecule has 0 aliphatic heterocycles. The van der Waals surface area contributed by atoms with Crippen molar-refractivity contribution in [2.45, 2.75) is 86.1 Å². The smallest absolute Gasteiger partial charge is 0.00355 e. The first-order chi connectivity index (χ1) is 8.27. The molecule has 0 aromatic carbocycles. The molecule has 0 aliphatic rings. The maximum atomic E-state index is 2.45. The van der Waals surface area contributed by atoms with Crippen LogP contribution in [0.4, 0.5) is 0 Å². The molecule has 0 radical (unpaired) electrons. The Bertz CT molecular complexity index is 194. The van der Waals surface area contributed by atoms with Crippen LogP contribution in [0.2, 0.25) is 0 Å². The molecule has 0 heterocycles. The van der Waals surface area contributed by atoms with Gasteiger partial charge in [0.15, 0.2) is 0 Å². The summed E-state index contributed by atoms with van der Waals surface area (Å²) < 4.78 is 0. The van der Waals surface area contributed by atoms with Gasteiger partial charge in [0, 0.05) is 6.04 Å². The van der Waals surface area contributed by atoms with E-state index in [0.717, 1.165) is 5.92 Å². The van der Waals surface area contributed by atoms with E-state index < -0.39 is 0 Å². The second kappa shape index (κ2) is 8.96. The molecule has 0 unspecified atom stereocenters. The molecule has 0 atom stereocenters. The van der Waals surface area contributed by atoms with E-state index in [1.807, 2.05) is 0 Å². The van der Waals surface area contributed by atoms with E-state index in [2.05, 4.69) is 53.5 Å². The Labute approximate surface area is 116 Å². The first-order valence-electron chi connectivity index (χ1n) is 7.97. The molecule has 0 aromatic heterocycles. The van der Waals surface area contributed by atoms with Gasteiger partial charge in [-0.25, -0.2) is 0 Å². The SMILES string of the molecule is CC(C)N(C)CCCCCCCC(C)(C)C(C)C. The lowest BCUT2D eigenvalue weighted by atomic mass is 9.77. The summed E-state index contributed by atoms with van der Waals surface area (Å²) in [6.07, 6.45) is 8.39. The Balaban J connectivity index is 3.42. The quantitative estimate of drug-likeness (QED) is 0.476. The summed E-state index contributed by atoms with van der Waals surface area (Å²) in [4.78, 5) is 2.45. The van der Waals surface area contributed by atoms with Crippen molar-refractivity contribution in [1.82, 2.24) is 4.90 Å². The maximum absolute atomic E-state index is 2.45. The van der Waals surface area contributed by atoms with E-state index in [9.17, 15) is 0 Å². The van der Waals surface area contributed by atoms with Crippen molar-refractivity contribution in [1.29, 1.82) is 0 Å². The lowest BCUT2D eigenvalue weighted by molar-refractivity contribution is 0.220. The molecule has 0 spiro atoms. The van der Waals surface area contributed by atoms with Gasteiger partial charge in [-0.2, -0.15) is 0 Å². The Hall–Kier alpha value is -0.0400. The lowest BCUT2D eigenvalue weighted by Gasteiger charge is -2.29. The molecule has 0 amide bonds. The Morgan fingerprint density at radius 3 is 1.83 bits per heavy atom. The molecule has 0 N–H and O–H groups in total. The van der Waals surface area contributed by atoms with Gasteiger partial charge in [-0.15, -0.1) is 0 Å². The monoisotopic (exact) mass is 255 g/mol. The number of hydrogen-bond acceptors (Lipinski definition) is 1. The normalized spacial score (nSPS) is 13.0. The largest absolute Gasteiger partial charge is 0.304 e. The molecule has 0 saturated heterocycles. The van der Waals surface area contributed by atoms with Gasteiger partial charge < -0.3 is 4.90 Å². The number of rotatable bonds is 10. The van der Waals surface area contributed by atoms with Crippen molar-refractivity contribution >= 4 is 0 Å². The second-order valence-electron chi connectivity index (χ2n) is 7.24. The van der Waals surface area contributed by atoms with Crippen LogP contribution in [0.5, 0.6) is 0 Å². The van der Waals surface area contributed by atoms with Crippen LogP contribution in [0.15, 0.2) is 0 Å². The van der Waals surface area contributed by atoms with Crippen LogP contribution in [-0.4, -0.2) is 24.5 Å². The zero-order valence-electron chi connectivity index (χ0n) is 14.1. The molecular formula is C17H37N. The number of hydrogen-bond donors (Lipinski definition) is 0. The van der Waals surface area contributed by atoms with Crippen LogP contribution in [0, 0.1) is 11.3 Å². The molecule has 0 saturated carbocycles. The summed E-state index contributed by atoms with van der Waals surface area (Å²) in [5.41, 5.74) is 0.526. The zero-order valence-corrected chi connectivity index (χ0v) is 14.1. The predicted molar refractivity (Wildman–Crippen MR) is 84.1 cm³/mol. The summed E-state index contributed by atoms with van der Waals surface area (Å²) in [6.45, 7) is 15.3. The van der Waals surface area contributed by atoms with Crippen LogP contribution in [0.3, 0.4) is 0 Å². The summed E-state index contributed by atoms with van der Waals surface area (Å²) >= 11 is 0. The minimum atomic E-state index is 0.526. The van der Waals surface area contributed by atoms with Crippen LogP contribution in [0.25, 0.3) is 0 Å². The van der Waals surface area contributed by atoms with Gasteiger partial charge in [0.25, 0.3) is 0 Å².